The summed E-state index contributed by atoms with van der Waals surface area (Å²) in [6, 6.07) is 0. The van der Waals surface area contributed by atoms with Crippen molar-refractivity contribution < 1.29 is 42.3 Å². The zero-order valence-electron chi connectivity index (χ0n) is 5.89. The molecule has 3 heteroatoms. The normalized spacial score (nSPS) is 9.67. The molecule has 1 radical (unpaired) electrons. The molecule has 0 aromatic carbocycles. The van der Waals surface area contributed by atoms with Gasteiger partial charge >= 0.3 is 0 Å². The maximum Gasteiger partial charge on any atom is 0.109 e. The van der Waals surface area contributed by atoms with Crippen LogP contribution in [-0.2, 0) is 42.3 Å². The first kappa shape index (κ1) is 12.2. The average molecular weight is 202 g/mol. The molecule has 0 unspecified atom stereocenters. The summed E-state index contributed by atoms with van der Waals surface area (Å²) in [5.41, 5.74) is -0.903. The number of hydrogen-bond donors (Lipinski definition) is 0. The Bertz CT molecular complexity index is 118. The third-order valence-corrected chi connectivity index (χ3v) is 1.14. The van der Waals surface area contributed by atoms with E-state index in [0.717, 1.165) is 0 Å². The van der Waals surface area contributed by atoms with Crippen LogP contribution in [0.3, 0.4) is 0 Å². The molecule has 2 nitrogen and oxygen atoms in total. The minimum absolute atomic E-state index is 0. The first-order chi connectivity index (χ1) is 3.50. The van der Waals surface area contributed by atoms with Gasteiger partial charge in [0, 0.05) is 32.7 Å². The van der Waals surface area contributed by atoms with Crippen LogP contribution >= 0.6 is 0 Å². The molecule has 0 N–H and O–H groups in total. The fourth-order valence-corrected chi connectivity index (χ4v) is 0.0719. The van der Waals surface area contributed by atoms with E-state index in [1.165, 1.54) is 6.92 Å². The Morgan fingerprint density at radius 3 is 1.78 bits per heavy atom. The van der Waals surface area contributed by atoms with E-state index in [-0.39, 0.29) is 38.5 Å². The first-order valence-corrected chi connectivity index (χ1v) is 2.41. The van der Waals surface area contributed by atoms with Gasteiger partial charge in [-0.1, -0.05) is 19.3 Å². The van der Waals surface area contributed by atoms with Gasteiger partial charge in [0.05, 0.1) is 0 Å². The summed E-state index contributed by atoms with van der Waals surface area (Å²) in [6.45, 7) is 4.47. The number of carbonyl (C=O) groups is 1. The minimum Gasteiger partial charge on any atom is -0.541 e. The molecule has 0 saturated carbocycles. The molecule has 0 aliphatic heterocycles. The molecule has 0 amide bonds. The van der Waals surface area contributed by atoms with Crippen LogP contribution in [0, 0.1) is 5.41 Å². The van der Waals surface area contributed by atoms with E-state index in [4.69, 9.17) is 0 Å². The predicted molar refractivity (Wildman–Crippen MR) is 30.2 cm³/mol. The van der Waals surface area contributed by atoms with E-state index in [0.29, 0.717) is 0 Å². The molecule has 0 rings (SSSR count). The van der Waals surface area contributed by atoms with Crippen molar-refractivity contribution in [3.63, 3.8) is 0 Å². The van der Waals surface area contributed by atoms with Crippen molar-refractivity contribution in [1.82, 2.24) is 0 Å². The summed E-state index contributed by atoms with van der Waals surface area (Å²) < 4.78 is 0. The second kappa shape index (κ2) is 4.29. The summed E-state index contributed by atoms with van der Waals surface area (Å²) in [5, 5.41) is 0. The molecule has 9 heavy (non-hydrogen) atoms. The van der Waals surface area contributed by atoms with Gasteiger partial charge in [-0.25, -0.2) is 0 Å². The zero-order chi connectivity index (χ0) is 6.78. The molecular weight excluding hydrogens is 193 g/mol. The smallest absolute Gasteiger partial charge is 0.109 e. The van der Waals surface area contributed by atoms with Crippen molar-refractivity contribution in [2.75, 3.05) is 0 Å². The summed E-state index contributed by atoms with van der Waals surface area (Å²) in [6.07, 6.45) is 1.64. The summed E-state index contributed by atoms with van der Waals surface area (Å²) >= 11 is 0. The van der Waals surface area contributed by atoms with Gasteiger partial charge in [0.2, 0.25) is 0 Å². The fourth-order valence-electron chi connectivity index (χ4n) is 0.0719. The van der Waals surface area contributed by atoms with Crippen LogP contribution < -0.4 is 0 Å². The van der Waals surface area contributed by atoms with Gasteiger partial charge in [-0.15, -0.1) is 0 Å². The van der Waals surface area contributed by atoms with Crippen molar-refractivity contribution in [2.45, 2.75) is 20.8 Å². The van der Waals surface area contributed by atoms with E-state index < -0.39 is 5.41 Å². The van der Waals surface area contributed by atoms with Crippen molar-refractivity contribution in [3.05, 3.63) is 0 Å². The van der Waals surface area contributed by atoms with E-state index in [9.17, 15) is 9.59 Å². The van der Waals surface area contributed by atoms with Crippen LogP contribution in [-0.4, -0.2) is 12.1 Å². The van der Waals surface area contributed by atoms with Crippen molar-refractivity contribution >= 4 is 12.1 Å². The summed E-state index contributed by atoms with van der Waals surface area (Å²) in [4.78, 5) is 20.4. The monoisotopic (exact) mass is 202 g/mol. The molecule has 0 atom stereocenters. The molecule has 0 saturated heterocycles. The quantitative estimate of drug-likeness (QED) is 0.488. The fraction of sp³-hybridized carbons (Fsp3) is 0.667. The molecule has 49 valence electrons. The van der Waals surface area contributed by atoms with E-state index >= 15 is 0 Å². The Labute approximate surface area is 80.3 Å². The Kier molecular flexibility index (Phi) is 5.79. The maximum atomic E-state index is 10.4. The minimum atomic E-state index is -0.903. The van der Waals surface area contributed by atoms with Crippen LogP contribution in [0.15, 0.2) is 0 Å². The van der Waals surface area contributed by atoms with Crippen LogP contribution in [0.1, 0.15) is 20.8 Å². The van der Waals surface area contributed by atoms with Gasteiger partial charge in [0.15, 0.2) is 0 Å². The molecule has 0 fully saturated rings. The maximum absolute atomic E-state index is 10.4. The second-order valence-corrected chi connectivity index (χ2v) is 2.28. The van der Waals surface area contributed by atoms with Crippen molar-refractivity contribution in [1.29, 1.82) is 0 Å². The Hall–Kier alpha value is 0.444. The Morgan fingerprint density at radius 2 is 1.78 bits per heavy atom. The molecule has 0 aliphatic carbocycles. The SMILES string of the molecule is CC(=O)C(C)(C)[C-]=O.[Y]. The summed E-state index contributed by atoms with van der Waals surface area (Å²) in [7, 11) is 0. The molecular formula is C6H9O2Y-. The van der Waals surface area contributed by atoms with Gasteiger partial charge < -0.3 is 9.59 Å². The third kappa shape index (κ3) is 3.93. The second-order valence-electron chi connectivity index (χ2n) is 2.28. The standard InChI is InChI=1S/C6H9O2.Y/c1-5(8)6(2,3)4-7;/h1-3H3;/q-1;. The van der Waals surface area contributed by atoms with Crippen LogP contribution in [0.2, 0.25) is 0 Å². The number of carbonyl (C=O) groups excluding carboxylic acids is 2. The van der Waals surface area contributed by atoms with Crippen LogP contribution in [0.5, 0.6) is 0 Å². The van der Waals surface area contributed by atoms with E-state index in [1.807, 2.05) is 0 Å². The molecule has 0 spiro atoms. The molecule has 0 aromatic rings. The number of rotatable bonds is 2. The van der Waals surface area contributed by atoms with E-state index in [2.05, 4.69) is 0 Å². The van der Waals surface area contributed by atoms with E-state index in [1.54, 1.807) is 20.1 Å². The zero-order valence-corrected chi connectivity index (χ0v) is 8.73. The number of hydrogen-bond acceptors (Lipinski definition) is 2. The van der Waals surface area contributed by atoms with Crippen molar-refractivity contribution in [2.24, 2.45) is 5.41 Å². The van der Waals surface area contributed by atoms with Gasteiger partial charge in [0.25, 0.3) is 0 Å². The number of ketones is 1. The van der Waals surface area contributed by atoms with Gasteiger partial charge in [-0.2, -0.15) is 0 Å². The first-order valence-electron chi connectivity index (χ1n) is 2.41. The number of Topliss-reactive ketones (excluding diaryl/α,β-unsaturated/α-hetero) is 1. The van der Waals surface area contributed by atoms with Gasteiger partial charge in [-0.3, -0.25) is 6.29 Å². The van der Waals surface area contributed by atoms with Crippen LogP contribution in [0.4, 0.5) is 0 Å². The molecule has 0 aromatic heterocycles. The molecule has 0 bridgehead atoms. The molecule has 0 heterocycles. The largest absolute Gasteiger partial charge is 0.541 e. The summed E-state index contributed by atoms with van der Waals surface area (Å²) in [5.74, 6) is -0.146. The predicted octanol–water partition coefficient (Wildman–Crippen LogP) is 0.709. The Balaban J connectivity index is 0. The Morgan fingerprint density at radius 1 is 1.44 bits per heavy atom. The average Bonchev–Trinajstić information content (AvgIpc) is 1.67. The van der Waals surface area contributed by atoms with Crippen LogP contribution in [0.25, 0.3) is 0 Å². The third-order valence-electron chi connectivity index (χ3n) is 1.14. The van der Waals surface area contributed by atoms with Gasteiger partial charge in [-0.05, 0) is 6.92 Å². The van der Waals surface area contributed by atoms with Crippen molar-refractivity contribution in [3.8, 4) is 0 Å². The molecule has 0 aliphatic rings. The topological polar surface area (TPSA) is 34.1 Å². The van der Waals surface area contributed by atoms with Gasteiger partial charge in [0.1, 0.15) is 5.78 Å².